The van der Waals surface area contributed by atoms with Crippen molar-refractivity contribution < 1.29 is 14.7 Å². The van der Waals surface area contributed by atoms with Crippen molar-refractivity contribution >= 4 is 17.6 Å². The van der Waals surface area contributed by atoms with E-state index in [0.717, 1.165) is 44.2 Å². The molecular weight excluding hydrogens is 368 g/mol. The summed E-state index contributed by atoms with van der Waals surface area (Å²) in [6, 6.07) is 6.50. The van der Waals surface area contributed by atoms with Crippen LogP contribution in [0.3, 0.4) is 0 Å². The molecule has 0 saturated heterocycles. The van der Waals surface area contributed by atoms with Crippen molar-refractivity contribution in [1.29, 1.82) is 0 Å². The quantitative estimate of drug-likeness (QED) is 0.509. The Morgan fingerprint density at radius 3 is 2.66 bits per heavy atom. The van der Waals surface area contributed by atoms with Crippen molar-refractivity contribution in [2.24, 2.45) is 5.92 Å². The topological polar surface area (TPSA) is 96.3 Å². The number of carbonyl (C=O) groups is 2. The first-order valence-corrected chi connectivity index (χ1v) is 10.2. The van der Waals surface area contributed by atoms with E-state index in [4.69, 9.17) is 0 Å². The van der Waals surface area contributed by atoms with Gasteiger partial charge >= 0.3 is 6.03 Å². The molecule has 0 atom stereocenters. The van der Waals surface area contributed by atoms with Gasteiger partial charge in [0.1, 0.15) is 5.75 Å². The summed E-state index contributed by atoms with van der Waals surface area (Å²) in [5.74, 6) is 0.422. The third-order valence-corrected chi connectivity index (χ3v) is 5.59. The summed E-state index contributed by atoms with van der Waals surface area (Å²) in [7, 11) is 0. The van der Waals surface area contributed by atoms with E-state index in [1.807, 2.05) is 6.07 Å². The van der Waals surface area contributed by atoms with E-state index in [9.17, 15) is 14.7 Å². The van der Waals surface area contributed by atoms with Crippen LogP contribution in [0.4, 0.5) is 10.5 Å². The zero-order valence-corrected chi connectivity index (χ0v) is 16.4. The Bertz CT molecular complexity index is 940. The van der Waals surface area contributed by atoms with Crippen LogP contribution in [0.25, 0.3) is 11.3 Å². The number of anilines is 1. The maximum Gasteiger partial charge on any atom is 0.342 e. The molecule has 0 radical (unpaired) electrons. The highest BCUT2D eigenvalue weighted by atomic mass is 16.3. The molecule has 2 amide bonds. The van der Waals surface area contributed by atoms with Gasteiger partial charge in [-0.25, -0.2) is 4.79 Å². The highest BCUT2D eigenvalue weighted by molar-refractivity contribution is 5.95. The molecule has 0 bridgehead atoms. The predicted molar refractivity (Wildman–Crippen MR) is 111 cm³/mol. The second-order valence-corrected chi connectivity index (χ2v) is 7.82. The Morgan fingerprint density at radius 2 is 1.97 bits per heavy atom. The zero-order valence-electron chi connectivity index (χ0n) is 16.4. The Labute approximate surface area is 169 Å². The molecule has 4 rings (SSSR count). The van der Waals surface area contributed by atoms with Crippen LogP contribution in [-0.2, 0) is 4.79 Å². The van der Waals surface area contributed by atoms with Crippen LogP contribution in [0.15, 0.2) is 36.9 Å². The monoisotopic (exact) mass is 394 g/mol. The molecule has 7 heteroatoms. The number of phenols is 1. The number of rotatable bonds is 6. The fraction of sp³-hybridized carbons (Fsp3) is 0.409. The van der Waals surface area contributed by atoms with Gasteiger partial charge in [-0.05, 0) is 49.9 Å². The number of phenolic OH excluding ortho intramolecular Hbond substituents is 1. The van der Waals surface area contributed by atoms with Crippen LogP contribution in [0, 0.1) is 5.92 Å². The molecule has 2 aromatic rings. The lowest BCUT2D eigenvalue weighted by molar-refractivity contribution is -0.117. The largest absolute Gasteiger partial charge is 0.507 e. The van der Waals surface area contributed by atoms with Crippen molar-refractivity contribution in [3.63, 3.8) is 0 Å². The third kappa shape index (κ3) is 4.18. The summed E-state index contributed by atoms with van der Waals surface area (Å²) in [5.41, 5.74) is 2.47. The zero-order chi connectivity index (χ0) is 20.4. The molecule has 0 aliphatic heterocycles. The number of nitrogens with zero attached hydrogens (tertiary/aromatic N) is 2. The van der Waals surface area contributed by atoms with E-state index < -0.39 is 0 Å². The molecule has 29 heavy (non-hydrogen) atoms. The van der Waals surface area contributed by atoms with Crippen LogP contribution < -0.4 is 10.6 Å². The highest BCUT2D eigenvalue weighted by Gasteiger charge is 2.30. The first-order chi connectivity index (χ1) is 14.1. The van der Waals surface area contributed by atoms with Crippen LogP contribution in [0.1, 0.15) is 50.1 Å². The lowest BCUT2D eigenvalue weighted by Gasteiger charge is -2.11. The number of aromatic nitrogens is 2. The number of nitrogens with one attached hydrogen (secondary N) is 2. The standard InChI is InChI=1S/C22H26N4O3/c1-2-11-23-22(29)26-19(14-5-3-4-6-14)13-18(25-26)17-12-16(9-10-20(17)27)24-21(28)15-7-8-15/h2,9-10,12-15,27H,1,3-8,11H2,(H,23,29)(H,24,28). The van der Waals surface area contributed by atoms with E-state index in [1.165, 1.54) is 4.68 Å². The Kier molecular flexibility index (Phi) is 5.38. The van der Waals surface area contributed by atoms with Crippen molar-refractivity contribution in [3.8, 4) is 17.0 Å². The van der Waals surface area contributed by atoms with Gasteiger partial charge in [0.25, 0.3) is 0 Å². The molecule has 2 aliphatic carbocycles. The first kappa shape index (κ1) is 19.2. The SMILES string of the molecule is C=CCNC(=O)n1nc(-c2cc(NC(=O)C3CC3)ccc2O)cc1C1CCCC1. The fourth-order valence-electron chi connectivity index (χ4n) is 3.85. The number of carbonyl (C=O) groups excluding carboxylic acids is 2. The third-order valence-electron chi connectivity index (χ3n) is 5.59. The minimum Gasteiger partial charge on any atom is -0.507 e. The first-order valence-electron chi connectivity index (χ1n) is 10.2. The Balaban J connectivity index is 1.67. The van der Waals surface area contributed by atoms with Crippen LogP contribution in [-0.4, -0.2) is 33.4 Å². The van der Waals surface area contributed by atoms with E-state index in [-0.39, 0.29) is 29.5 Å². The fourth-order valence-corrected chi connectivity index (χ4v) is 3.85. The molecular formula is C22H26N4O3. The van der Waals surface area contributed by atoms with E-state index in [2.05, 4.69) is 22.3 Å². The van der Waals surface area contributed by atoms with Crippen LogP contribution in [0.2, 0.25) is 0 Å². The molecule has 1 aromatic heterocycles. The predicted octanol–water partition coefficient (Wildman–Crippen LogP) is 4.01. The molecule has 2 aliphatic rings. The van der Waals surface area contributed by atoms with E-state index in [0.29, 0.717) is 23.5 Å². The number of aromatic hydroxyl groups is 1. The summed E-state index contributed by atoms with van der Waals surface area (Å²) in [4.78, 5) is 24.7. The van der Waals surface area contributed by atoms with Crippen LogP contribution in [0.5, 0.6) is 5.75 Å². The minimum absolute atomic E-state index is 0.00242. The van der Waals surface area contributed by atoms with Gasteiger partial charge in [0.05, 0.1) is 11.4 Å². The number of hydrogen-bond donors (Lipinski definition) is 3. The van der Waals surface area contributed by atoms with Crippen molar-refractivity contribution in [3.05, 3.63) is 42.6 Å². The van der Waals surface area contributed by atoms with Gasteiger partial charge in [0, 0.05) is 29.6 Å². The lowest BCUT2D eigenvalue weighted by Crippen LogP contribution is -2.31. The minimum atomic E-state index is -0.310. The van der Waals surface area contributed by atoms with Crippen molar-refractivity contribution in [1.82, 2.24) is 15.1 Å². The Hall–Kier alpha value is -3.09. The maximum absolute atomic E-state index is 12.6. The van der Waals surface area contributed by atoms with Gasteiger partial charge in [0.2, 0.25) is 5.91 Å². The lowest BCUT2D eigenvalue weighted by atomic mass is 10.0. The number of hydrogen-bond acceptors (Lipinski definition) is 4. The van der Waals surface area contributed by atoms with Crippen molar-refractivity contribution in [2.75, 3.05) is 11.9 Å². The summed E-state index contributed by atoms with van der Waals surface area (Å²) in [6.07, 6.45) is 7.76. The van der Waals surface area contributed by atoms with Gasteiger partial charge < -0.3 is 15.7 Å². The summed E-state index contributed by atoms with van der Waals surface area (Å²) < 4.78 is 1.41. The van der Waals surface area contributed by atoms with Gasteiger partial charge in [-0.15, -0.1) is 6.58 Å². The molecule has 7 nitrogen and oxygen atoms in total. The normalized spacial score (nSPS) is 16.6. The molecule has 1 aromatic carbocycles. The molecule has 152 valence electrons. The molecule has 0 spiro atoms. The van der Waals surface area contributed by atoms with Crippen molar-refractivity contribution in [2.45, 2.75) is 44.4 Å². The van der Waals surface area contributed by atoms with Gasteiger partial charge in [-0.2, -0.15) is 9.78 Å². The second kappa shape index (κ2) is 8.11. The molecule has 1 heterocycles. The summed E-state index contributed by atoms with van der Waals surface area (Å²) in [5, 5.41) is 20.6. The number of benzene rings is 1. The molecule has 0 unspecified atom stereocenters. The molecule has 2 fully saturated rings. The highest BCUT2D eigenvalue weighted by Crippen LogP contribution is 2.38. The van der Waals surface area contributed by atoms with Crippen LogP contribution >= 0.6 is 0 Å². The average molecular weight is 394 g/mol. The van der Waals surface area contributed by atoms with Gasteiger partial charge in [-0.1, -0.05) is 18.9 Å². The summed E-state index contributed by atoms with van der Waals surface area (Å²) >= 11 is 0. The summed E-state index contributed by atoms with van der Waals surface area (Å²) in [6.45, 7) is 3.98. The Morgan fingerprint density at radius 1 is 1.21 bits per heavy atom. The van der Waals surface area contributed by atoms with E-state index >= 15 is 0 Å². The van der Waals surface area contributed by atoms with E-state index in [1.54, 1.807) is 24.3 Å². The smallest absolute Gasteiger partial charge is 0.342 e. The number of amides is 2. The maximum atomic E-state index is 12.6. The van der Waals surface area contributed by atoms with Gasteiger partial charge in [0.15, 0.2) is 0 Å². The molecule has 3 N–H and O–H groups in total. The molecule has 2 saturated carbocycles. The average Bonchev–Trinajstić information content (AvgIpc) is 3.25. The second-order valence-electron chi connectivity index (χ2n) is 7.82. The van der Waals surface area contributed by atoms with Gasteiger partial charge in [-0.3, -0.25) is 4.79 Å².